The van der Waals surface area contributed by atoms with Gasteiger partial charge >= 0.3 is 0 Å². The Morgan fingerprint density at radius 2 is 0.806 bits per heavy atom. The topological polar surface area (TPSA) is 35.6 Å². The quantitative estimate of drug-likeness (QED) is 0.174. The summed E-state index contributed by atoms with van der Waals surface area (Å²) in [4.78, 5) is 10.2. The molecule has 0 N–H and O–H groups in total. The first kappa shape index (κ1) is 34.5. The first-order chi connectivity index (χ1) is 30.7. The Balaban J connectivity index is 1.01. The minimum Gasteiger partial charge on any atom is -0.309 e. The summed E-state index contributed by atoms with van der Waals surface area (Å²) in [6, 6.07) is 78.7. The van der Waals surface area contributed by atoms with Gasteiger partial charge < -0.3 is 9.13 Å². The molecule has 288 valence electrons. The molecule has 0 aliphatic carbocycles. The summed E-state index contributed by atoms with van der Waals surface area (Å²) in [7, 11) is 0. The molecule has 0 atom stereocenters. The standard InChI is InChI=1S/C58H36N4/c1-3-15-39(16-4-1)51-35-52(40-17-5-2-6-18-40)60-58(59-51)44-24-23-43-33-45(29-26-42(43)31-44)61-53-22-12-11-21-48(53)49-34-50-56(36-55(49)61)62(46-28-25-37-13-7-8-19-41(37)32-46)54-30-27-38-14-9-10-20-47(38)57(50)54/h1-36H. The molecule has 0 saturated heterocycles. The maximum atomic E-state index is 5.12. The fraction of sp³-hybridized carbons (Fsp3) is 0. The van der Waals surface area contributed by atoms with Gasteiger partial charge in [-0.1, -0.05) is 158 Å². The third kappa shape index (κ3) is 5.40. The lowest BCUT2D eigenvalue weighted by Gasteiger charge is -2.12. The zero-order valence-corrected chi connectivity index (χ0v) is 33.6. The molecule has 3 heterocycles. The van der Waals surface area contributed by atoms with Crippen molar-refractivity contribution in [1.82, 2.24) is 19.1 Å². The Morgan fingerprint density at radius 1 is 0.274 bits per heavy atom. The maximum absolute atomic E-state index is 5.12. The molecule has 0 amide bonds. The normalized spacial score (nSPS) is 11.9. The van der Waals surface area contributed by atoms with Crippen LogP contribution in [-0.2, 0) is 0 Å². The summed E-state index contributed by atoms with van der Waals surface area (Å²) < 4.78 is 4.90. The van der Waals surface area contributed by atoms with E-state index in [0.717, 1.165) is 50.2 Å². The minimum atomic E-state index is 0.706. The monoisotopic (exact) mass is 788 g/mol. The van der Waals surface area contributed by atoms with E-state index < -0.39 is 0 Å². The molecule has 4 heteroatoms. The highest BCUT2D eigenvalue weighted by Crippen LogP contribution is 2.42. The number of aromatic nitrogens is 4. The summed E-state index contributed by atoms with van der Waals surface area (Å²) in [6.07, 6.45) is 0. The fourth-order valence-electron chi connectivity index (χ4n) is 9.72. The lowest BCUT2D eigenvalue weighted by atomic mass is 10.0. The predicted molar refractivity (Wildman–Crippen MR) is 260 cm³/mol. The van der Waals surface area contributed by atoms with E-state index in [-0.39, 0.29) is 0 Å². The molecule has 0 bridgehead atoms. The minimum absolute atomic E-state index is 0.706. The number of hydrogen-bond donors (Lipinski definition) is 0. The summed E-state index contributed by atoms with van der Waals surface area (Å²) in [5.74, 6) is 0.706. The maximum Gasteiger partial charge on any atom is 0.160 e. The molecule has 0 aliphatic rings. The summed E-state index contributed by atoms with van der Waals surface area (Å²) in [6.45, 7) is 0. The first-order valence-electron chi connectivity index (χ1n) is 21.1. The van der Waals surface area contributed by atoms with Gasteiger partial charge in [0.15, 0.2) is 5.82 Å². The molecule has 0 fully saturated rings. The smallest absolute Gasteiger partial charge is 0.160 e. The highest BCUT2D eigenvalue weighted by Gasteiger charge is 2.20. The van der Waals surface area contributed by atoms with Crippen LogP contribution in [0.2, 0.25) is 0 Å². The lowest BCUT2D eigenvalue weighted by Crippen LogP contribution is -1.97. The average Bonchev–Trinajstić information content (AvgIpc) is 3.85. The van der Waals surface area contributed by atoms with Crippen molar-refractivity contribution in [3.8, 4) is 45.3 Å². The van der Waals surface area contributed by atoms with Gasteiger partial charge in [0.1, 0.15) is 0 Å². The number of fused-ring (bicyclic) bond motifs is 10. The Morgan fingerprint density at radius 3 is 1.55 bits per heavy atom. The molecule has 0 aliphatic heterocycles. The van der Waals surface area contributed by atoms with E-state index in [4.69, 9.17) is 9.97 Å². The van der Waals surface area contributed by atoms with E-state index in [1.165, 1.54) is 65.2 Å². The van der Waals surface area contributed by atoms with Crippen LogP contribution in [0.15, 0.2) is 218 Å². The van der Waals surface area contributed by atoms with Crippen LogP contribution < -0.4 is 0 Å². The predicted octanol–water partition coefficient (Wildman–Crippen LogP) is 15.1. The van der Waals surface area contributed by atoms with Crippen molar-refractivity contribution in [1.29, 1.82) is 0 Å². The zero-order valence-electron chi connectivity index (χ0n) is 33.6. The average molecular weight is 789 g/mol. The Bertz CT molecular complexity index is 3860. The van der Waals surface area contributed by atoms with Crippen LogP contribution in [0.3, 0.4) is 0 Å². The number of nitrogens with zero attached hydrogens (tertiary/aromatic N) is 4. The SMILES string of the molecule is c1ccc(-c2cc(-c3ccccc3)nc(-c3ccc4cc(-n5c6ccccc6c6cc7c8c9ccccc9ccc8n(-c8ccc9ccccc9c8)c7cc65)ccc4c3)n2)cc1. The van der Waals surface area contributed by atoms with Crippen molar-refractivity contribution >= 4 is 75.9 Å². The second-order valence-corrected chi connectivity index (χ2v) is 16.2. The summed E-state index contributed by atoms with van der Waals surface area (Å²) >= 11 is 0. The van der Waals surface area contributed by atoms with Crippen molar-refractivity contribution in [2.45, 2.75) is 0 Å². The van der Waals surface area contributed by atoms with Gasteiger partial charge in [0.05, 0.1) is 33.5 Å². The lowest BCUT2D eigenvalue weighted by molar-refractivity contribution is 1.17. The van der Waals surface area contributed by atoms with Crippen LogP contribution in [0, 0.1) is 0 Å². The molecule has 62 heavy (non-hydrogen) atoms. The molecule has 0 unspecified atom stereocenters. The third-order valence-electron chi connectivity index (χ3n) is 12.6. The van der Waals surface area contributed by atoms with Gasteiger partial charge in [-0.25, -0.2) is 9.97 Å². The van der Waals surface area contributed by atoms with E-state index in [9.17, 15) is 0 Å². The van der Waals surface area contributed by atoms with E-state index in [0.29, 0.717) is 5.82 Å². The van der Waals surface area contributed by atoms with Crippen molar-refractivity contribution in [3.63, 3.8) is 0 Å². The zero-order chi connectivity index (χ0) is 40.7. The largest absolute Gasteiger partial charge is 0.309 e. The van der Waals surface area contributed by atoms with Gasteiger partial charge in [-0.15, -0.1) is 0 Å². The second-order valence-electron chi connectivity index (χ2n) is 16.2. The van der Waals surface area contributed by atoms with Crippen LogP contribution >= 0.6 is 0 Å². The van der Waals surface area contributed by atoms with E-state index >= 15 is 0 Å². The van der Waals surface area contributed by atoms with Crippen molar-refractivity contribution in [3.05, 3.63) is 218 Å². The molecule has 3 aromatic heterocycles. The first-order valence-corrected chi connectivity index (χ1v) is 21.1. The molecular formula is C58H36N4. The van der Waals surface area contributed by atoms with Gasteiger partial charge in [-0.3, -0.25) is 0 Å². The van der Waals surface area contributed by atoms with Crippen molar-refractivity contribution in [2.24, 2.45) is 0 Å². The number of hydrogen-bond acceptors (Lipinski definition) is 2. The molecule has 13 rings (SSSR count). The number of rotatable bonds is 5. The van der Waals surface area contributed by atoms with Crippen LogP contribution in [0.1, 0.15) is 0 Å². The van der Waals surface area contributed by atoms with E-state index in [1.807, 2.05) is 12.1 Å². The number of benzene rings is 10. The number of para-hydroxylation sites is 1. The summed E-state index contributed by atoms with van der Waals surface area (Å²) in [5, 5.41) is 12.2. The molecule has 0 spiro atoms. The van der Waals surface area contributed by atoms with Gasteiger partial charge in [0, 0.05) is 49.6 Å². The molecular weight excluding hydrogens is 753 g/mol. The van der Waals surface area contributed by atoms with Gasteiger partial charge in [-0.2, -0.15) is 0 Å². The van der Waals surface area contributed by atoms with Crippen LogP contribution in [0.4, 0.5) is 0 Å². The fourth-order valence-corrected chi connectivity index (χ4v) is 9.72. The van der Waals surface area contributed by atoms with Gasteiger partial charge in [-0.05, 0) is 93.0 Å². The molecule has 4 nitrogen and oxygen atoms in total. The van der Waals surface area contributed by atoms with Crippen LogP contribution in [0.25, 0.3) is 121 Å². The Labute approximate surface area is 357 Å². The van der Waals surface area contributed by atoms with E-state index in [1.54, 1.807) is 0 Å². The summed E-state index contributed by atoms with van der Waals surface area (Å²) in [5.41, 5.74) is 11.9. The highest BCUT2D eigenvalue weighted by molar-refractivity contribution is 6.25. The highest BCUT2D eigenvalue weighted by atomic mass is 15.0. The third-order valence-corrected chi connectivity index (χ3v) is 12.6. The van der Waals surface area contributed by atoms with Gasteiger partial charge in [0.25, 0.3) is 0 Å². The Kier molecular flexibility index (Phi) is 7.57. The van der Waals surface area contributed by atoms with E-state index in [2.05, 4.69) is 215 Å². The van der Waals surface area contributed by atoms with Crippen LogP contribution in [0.5, 0.6) is 0 Å². The molecule has 13 aromatic rings. The second kappa shape index (κ2) is 13.6. The molecule has 0 radical (unpaired) electrons. The molecule has 10 aromatic carbocycles. The van der Waals surface area contributed by atoms with Crippen LogP contribution in [-0.4, -0.2) is 19.1 Å². The van der Waals surface area contributed by atoms with Crippen molar-refractivity contribution in [2.75, 3.05) is 0 Å². The van der Waals surface area contributed by atoms with Crippen molar-refractivity contribution < 1.29 is 0 Å². The Hall–Kier alpha value is -8.34. The molecule has 0 saturated carbocycles. The van der Waals surface area contributed by atoms with Gasteiger partial charge in [0.2, 0.25) is 0 Å².